The minimum Gasteiger partial charge on any atom is -0.372 e. The van der Waals surface area contributed by atoms with Gasteiger partial charge in [0.25, 0.3) is 5.91 Å². The van der Waals surface area contributed by atoms with Crippen LogP contribution in [0.4, 0.5) is 5.82 Å². The van der Waals surface area contributed by atoms with E-state index in [9.17, 15) is 4.79 Å². The largest absolute Gasteiger partial charge is 0.372 e. The molecule has 2 fully saturated rings. The molecule has 4 nitrogen and oxygen atoms in total. The number of carbonyl (C=O) groups excluding carboxylic acids is 1. The highest BCUT2D eigenvalue weighted by atomic mass is 16.2. The molecule has 0 radical (unpaired) electrons. The molecule has 1 aliphatic heterocycles. The summed E-state index contributed by atoms with van der Waals surface area (Å²) in [6.45, 7) is 0.901. The molecule has 1 amide bonds. The van der Waals surface area contributed by atoms with E-state index in [-0.39, 0.29) is 5.91 Å². The summed E-state index contributed by atoms with van der Waals surface area (Å²) in [5.41, 5.74) is 0.709. The molecule has 1 aliphatic carbocycles. The maximum Gasteiger partial charge on any atom is 0.257 e. The van der Waals surface area contributed by atoms with Crippen LogP contribution < -0.4 is 5.32 Å². The molecule has 0 spiro atoms. The quantitative estimate of drug-likeness (QED) is 0.901. The van der Waals surface area contributed by atoms with Gasteiger partial charge in [-0.3, -0.25) is 4.79 Å². The normalized spacial score (nSPS) is 25.9. The zero-order valence-corrected chi connectivity index (χ0v) is 12.1. The van der Waals surface area contributed by atoms with Crippen molar-refractivity contribution in [2.24, 2.45) is 5.92 Å². The first-order chi connectivity index (χ1) is 9.81. The fraction of sp³-hybridized carbons (Fsp3) is 0.625. The second-order valence-corrected chi connectivity index (χ2v) is 5.90. The number of pyridine rings is 1. The molecule has 20 heavy (non-hydrogen) atoms. The molecule has 2 aliphatic rings. The van der Waals surface area contributed by atoms with E-state index in [1.165, 1.54) is 32.1 Å². The van der Waals surface area contributed by atoms with Crippen molar-refractivity contribution in [3.8, 4) is 0 Å². The molecule has 1 aromatic rings. The summed E-state index contributed by atoms with van der Waals surface area (Å²) in [7, 11) is 1.82. The van der Waals surface area contributed by atoms with Crippen molar-refractivity contribution < 1.29 is 4.79 Å². The van der Waals surface area contributed by atoms with Crippen LogP contribution in [0.15, 0.2) is 18.3 Å². The number of rotatable bonds is 2. The number of nitrogens with one attached hydrogen (secondary N) is 1. The number of carbonyl (C=O) groups is 1. The van der Waals surface area contributed by atoms with Gasteiger partial charge in [-0.2, -0.15) is 0 Å². The van der Waals surface area contributed by atoms with Crippen molar-refractivity contribution in [1.82, 2.24) is 9.88 Å². The van der Waals surface area contributed by atoms with Crippen molar-refractivity contribution >= 4 is 11.7 Å². The maximum atomic E-state index is 12.9. The number of hydrogen-bond acceptors (Lipinski definition) is 3. The highest BCUT2D eigenvalue weighted by Crippen LogP contribution is 2.36. The van der Waals surface area contributed by atoms with Gasteiger partial charge < -0.3 is 10.2 Å². The maximum absolute atomic E-state index is 12.9. The topological polar surface area (TPSA) is 45.2 Å². The Kier molecular flexibility index (Phi) is 3.90. The van der Waals surface area contributed by atoms with Crippen LogP contribution in [0, 0.1) is 5.92 Å². The second kappa shape index (κ2) is 5.81. The monoisotopic (exact) mass is 273 g/mol. The standard InChI is InChI=1S/C16H23N3O/c1-17-15-13(8-4-10-18-15)16(20)19-11-5-7-12-6-2-3-9-14(12)19/h4,8,10,12,14H,2-3,5-7,9,11H2,1H3,(H,17,18)/t12-,14-/m1/s1. The lowest BCUT2D eigenvalue weighted by atomic mass is 9.78. The highest BCUT2D eigenvalue weighted by Gasteiger charge is 2.36. The molecule has 3 rings (SSSR count). The molecule has 0 bridgehead atoms. The molecule has 1 saturated carbocycles. The number of anilines is 1. The number of amides is 1. The Morgan fingerprint density at radius 2 is 2.10 bits per heavy atom. The fourth-order valence-electron chi connectivity index (χ4n) is 3.81. The Balaban J connectivity index is 1.85. The summed E-state index contributed by atoms with van der Waals surface area (Å²) in [6.07, 6.45) is 9.21. The predicted molar refractivity (Wildman–Crippen MR) is 79.8 cm³/mol. The average molecular weight is 273 g/mol. The Morgan fingerprint density at radius 1 is 1.30 bits per heavy atom. The van der Waals surface area contributed by atoms with Gasteiger partial charge in [0.2, 0.25) is 0 Å². The van der Waals surface area contributed by atoms with Crippen LogP contribution >= 0.6 is 0 Å². The van der Waals surface area contributed by atoms with E-state index >= 15 is 0 Å². The second-order valence-electron chi connectivity index (χ2n) is 5.90. The molecule has 108 valence electrons. The molecule has 4 heteroatoms. The third-order valence-corrected chi connectivity index (χ3v) is 4.78. The van der Waals surface area contributed by atoms with E-state index < -0.39 is 0 Å². The van der Waals surface area contributed by atoms with Crippen LogP contribution in [-0.2, 0) is 0 Å². The zero-order chi connectivity index (χ0) is 13.9. The Labute approximate surface area is 120 Å². The number of aromatic nitrogens is 1. The highest BCUT2D eigenvalue weighted by molar-refractivity contribution is 5.98. The van der Waals surface area contributed by atoms with Gasteiger partial charge >= 0.3 is 0 Å². The zero-order valence-electron chi connectivity index (χ0n) is 12.1. The lowest BCUT2D eigenvalue weighted by molar-refractivity contribution is 0.0391. The fourth-order valence-corrected chi connectivity index (χ4v) is 3.81. The third kappa shape index (κ3) is 2.39. The van der Waals surface area contributed by atoms with E-state index in [0.29, 0.717) is 17.4 Å². The Hall–Kier alpha value is -1.58. The van der Waals surface area contributed by atoms with Crippen LogP contribution in [-0.4, -0.2) is 35.4 Å². The lowest BCUT2D eigenvalue weighted by Gasteiger charge is -2.44. The number of fused-ring (bicyclic) bond motifs is 1. The summed E-state index contributed by atoms with van der Waals surface area (Å²) in [6, 6.07) is 4.18. The molecule has 1 N–H and O–H groups in total. The number of hydrogen-bond donors (Lipinski definition) is 1. The van der Waals surface area contributed by atoms with Crippen LogP contribution in [0.5, 0.6) is 0 Å². The molecule has 1 aromatic heterocycles. The van der Waals surface area contributed by atoms with Gasteiger partial charge in [0.1, 0.15) is 5.82 Å². The van der Waals surface area contributed by atoms with E-state index in [0.717, 1.165) is 18.9 Å². The number of piperidine rings is 1. The summed E-state index contributed by atoms with van der Waals surface area (Å²) in [5.74, 6) is 1.56. The summed E-state index contributed by atoms with van der Waals surface area (Å²) in [5, 5.41) is 3.03. The third-order valence-electron chi connectivity index (χ3n) is 4.78. The van der Waals surface area contributed by atoms with E-state index in [1.54, 1.807) is 6.20 Å². The van der Waals surface area contributed by atoms with Gasteiger partial charge in [0, 0.05) is 25.8 Å². The van der Waals surface area contributed by atoms with Crippen LogP contribution in [0.2, 0.25) is 0 Å². The molecular formula is C16H23N3O. The van der Waals surface area contributed by atoms with Gasteiger partial charge in [-0.1, -0.05) is 12.8 Å². The molecule has 2 heterocycles. The van der Waals surface area contributed by atoms with E-state index in [4.69, 9.17) is 0 Å². The van der Waals surface area contributed by atoms with Crippen molar-refractivity contribution in [2.75, 3.05) is 18.9 Å². The molecule has 0 aromatic carbocycles. The first-order valence-corrected chi connectivity index (χ1v) is 7.75. The van der Waals surface area contributed by atoms with Gasteiger partial charge in [-0.25, -0.2) is 4.98 Å². The molecular weight excluding hydrogens is 250 g/mol. The predicted octanol–water partition coefficient (Wildman–Crippen LogP) is 2.92. The molecule has 0 unspecified atom stereocenters. The van der Waals surface area contributed by atoms with Gasteiger partial charge in [-0.15, -0.1) is 0 Å². The lowest BCUT2D eigenvalue weighted by Crippen LogP contribution is -2.49. The van der Waals surface area contributed by atoms with Crippen molar-refractivity contribution in [2.45, 2.75) is 44.6 Å². The number of likely N-dealkylation sites (tertiary alicyclic amines) is 1. The Bertz CT molecular complexity index is 486. The van der Waals surface area contributed by atoms with Crippen LogP contribution in [0.3, 0.4) is 0 Å². The summed E-state index contributed by atoms with van der Waals surface area (Å²) in [4.78, 5) is 19.3. The first kappa shape index (κ1) is 13.4. The van der Waals surface area contributed by atoms with Gasteiger partial charge in [0.15, 0.2) is 0 Å². The molecule has 2 atom stereocenters. The summed E-state index contributed by atoms with van der Waals surface area (Å²) < 4.78 is 0. The van der Waals surface area contributed by atoms with Crippen molar-refractivity contribution in [3.05, 3.63) is 23.9 Å². The number of nitrogens with zero attached hydrogens (tertiary/aromatic N) is 2. The summed E-state index contributed by atoms with van der Waals surface area (Å²) >= 11 is 0. The average Bonchev–Trinajstić information content (AvgIpc) is 2.53. The molecule has 1 saturated heterocycles. The van der Waals surface area contributed by atoms with Crippen molar-refractivity contribution in [1.29, 1.82) is 0 Å². The first-order valence-electron chi connectivity index (χ1n) is 7.75. The minimum atomic E-state index is 0.152. The SMILES string of the molecule is CNc1ncccc1C(=O)N1CCC[C@H]2CCCC[C@H]21. The van der Waals surface area contributed by atoms with E-state index in [2.05, 4.69) is 15.2 Å². The smallest absolute Gasteiger partial charge is 0.257 e. The van der Waals surface area contributed by atoms with Gasteiger partial charge in [0.05, 0.1) is 5.56 Å². The Morgan fingerprint density at radius 3 is 2.95 bits per heavy atom. The minimum absolute atomic E-state index is 0.152. The van der Waals surface area contributed by atoms with Gasteiger partial charge in [-0.05, 0) is 43.7 Å². The van der Waals surface area contributed by atoms with Crippen LogP contribution in [0.1, 0.15) is 48.9 Å². The van der Waals surface area contributed by atoms with Crippen LogP contribution in [0.25, 0.3) is 0 Å². The van der Waals surface area contributed by atoms with E-state index in [1.807, 2.05) is 19.2 Å². The van der Waals surface area contributed by atoms with Crippen molar-refractivity contribution in [3.63, 3.8) is 0 Å².